The van der Waals surface area contributed by atoms with E-state index in [1.807, 2.05) is 25.1 Å². The molecule has 1 atom stereocenters. The highest BCUT2D eigenvalue weighted by Gasteiger charge is 2.13. The Bertz CT molecular complexity index is 874. The van der Waals surface area contributed by atoms with Crippen molar-refractivity contribution in [3.8, 4) is 5.75 Å². The summed E-state index contributed by atoms with van der Waals surface area (Å²) in [7, 11) is 0. The highest BCUT2D eigenvalue weighted by Crippen LogP contribution is 2.21. The molecular weight excluding hydrogens is 323 g/mol. The quantitative estimate of drug-likeness (QED) is 0.644. The molecule has 6 heteroatoms. The normalized spacial score (nSPS) is 12.1. The van der Waals surface area contributed by atoms with E-state index in [4.69, 9.17) is 4.74 Å². The fraction of sp³-hybridized carbons (Fsp3) is 0.211. The van der Waals surface area contributed by atoms with Gasteiger partial charge in [-0.2, -0.15) is 0 Å². The summed E-state index contributed by atoms with van der Waals surface area (Å²) in [5.41, 5.74) is 1.74. The van der Waals surface area contributed by atoms with Crippen LogP contribution in [-0.2, 0) is 0 Å². The van der Waals surface area contributed by atoms with Gasteiger partial charge in [0.1, 0.15) is 17.3 Å². The number of fused-ring (bicyclic) bond motifs is 1. The van der Waals surface area contributed by atoms with Crippen molar-refractivity contribution in [3.05, 3.63) is 65.6 Å². The Hall–Kier alpha value is -2.86. The zero-order valence-corrected chi connectivity index (χ0v) is 13.8. The van der Waals surface area contributed by atoms with E-state index in [-0.39, 0.29) is 18.3 Å². The van der Waals surface area contributed by atoms with E-state index in [1.54, 1.807) is 6.07 Å². The highest BCUT2D eigenvalue weighted by atomic mass is 19.1. The smallest absolute Gasteiger partial charge is 0.267 e. The summed E-state index contributed by atoms with van der Waals surface area (Å²) < 4.78 is 18.3. The van der Waals surface area contributed by atoms with Gasteiger partial charge in [-0.1, -0.05) is 12.1 Å². The number of hydrogen-bond donors (Lipinski definition) is 3. The third kappa shape index (κ3) is 3.97. The SMILES string of the molecule is CCOc1ccc2cc(C(=O)NCC(O)c3ccc(F)cc3)[nH]c2c1. The van der Waals surface area contributed by atoms with Crippen molar-refractivity contribution in [1.29, 1.82) is 0 Å². The molecule has 0 aliphatic carbocycles. The van der Waals surface area contributed by atoms with Gasteiger partial charge in [-0.25, -0.2) is 4.39 Å². The average molecular weight is 342 g/mol. The van der Waals surface area contributed by atoms with Crippen molar-refractivity contribution in [1.82, 2.24) is 10.3 Å². The van der Waals surface area contributed by atoms with Gasteiger partial charge in [0.05, 0.1) is 12.7 Å². The van der Waals surface area contributed by atoms with Gasteiger partial charge in [-0.3, -0.25) is 4.79 Å². The number of halogens is 1. The van der Waals surface area contributed by atoms with Gasteiger partial charge in [0.25, 0.3) is 5.91 Å². The minimum atomic E-state index is -0.904. The van der Waals surface area contributed by atoms with Gasteiger partial charge < -0.3 is 20.1 Å². The molecule has 130 valence electrons. The van der Waals surface area contributed by atoms with E-state index in [2.05, 4.69) is 10.3 Å². The lowest BCUT2D eigenvalue weighted by molar-refractivity contribution is 0.0912. The lowest BCUT2D eigenvalue weighted by Gasteiger charge is -2.11. The van der Waals surface area contributed by atoms with E-state index < -0.39 is 6.10 Å². The number of ether oxygens (including phenoxy) is 1. The fourth-order valence-corrected chi connectivity index (χ4v) is 2.57. The number of benzene rings is 2. The van der Waals surface area contributed by atoms with Crippen LogP contribution in [0.5, 0.6) is 5.75 Å². The number of aliphatic hydroxyl groups excluding tert-OH is 1. The first-order chi connectivity index (χ1) is 12.1. The molecule has 1 heterocycles. The van der Waals surface area contributed by atoms with E-state index in [9.17, 15) is 14.3 Å². The molecule has 0 aliphatic rings. The number of amides is 1. The molecule has 3 aromatic rings. The monoisotopic (exact) mass is 342 g/mol. The van der Waals surface area contributed by atoms with Gasteiger partial charge in [-0.15, -0.1) is 0 Å². The van der Waals surface area contributed by atoms with Crippen LogP contribution in [0.25, 0.3) is 10.9 Å². The number of carbonyl (C=O) groups excluding carboxylic acids is 1. The number of aliphatic hydroxyl groups is 1. The second-order valence-corrected chi connectivity index (χ2v) is 5.64. The lowest BCUT2D eigenvalue weighted by Crippen LogP contribution is -2.28. The van der Waals surface area contributed by atoms with Crippen LogP contribution in [0.1, 0.15) is 29.1 Å². The molecule has 3 rings (SSSR count). The zero-order valence-electron chi connectivity index (χ0n) is 13.8. The minimum Gasteiger partial charge on any atom is -0.494 e. The second-order valence-electron chi connectivity index (χ2n) is 5.64. The van der Waals surface area contributed by atoms with Crippen molar-refractivity contribution in [2.75, 3.05) is 13.2 Å². The van der Waals surface area contributed by atoms with Crippen LogP contribution in [-0.4, -0.2) is 29.1 Å². The molecule has 0 radical (unpaired) electrons. The van der Waals surface area contributed by atoms with Crippen molar-refractivity contribution in [2.45, 2.75) is 13.0 Å². The van der Waals surface area contributed by atoms with Crippen molar-refractivity contribution in [3.63, 3.8) is 0 Å². The predicted molar refractivity (Wildman–Crippen MR) is 93.2 cm³/mol. The van der Waals surface area contributed by atoms with Crippen LogP contribution < -0.4 is 10.1 Å². The first-order valence-electron chi connectivity index (χ1n) is 8.04. The molecule has 1 amide bonds. The Kier molecular flexibility index (Phi) is 5.00. The minimum absolute atomic E-state index is 0.0318. The number of hydrogen-bond acceptors (Lipinski definition) is 3. The Morgan fingerprint density at radius 2 is 2.00 bits per heavy atom. The maximum Gasteiger partial charge on any atom is 0.267 e. The molecule has 1 unspecified atom stereocenters. The molecule has 0 saturated carbocycles. The molecule has 25 heavy (non-hydrogen) atoms. The largest absolute Gasteiger partial charge is 0.494 e. The Morgan fingerprint density at radius 1 is 1.24 bits per heavy atom. The maximum atomic E-state index is 12.9. The maximum absolute atomic E-state index is 12.9. The van der Waals surface area contributed by atoms with Gasteiger partial charge in [0.2, 0.25) is 0 Å². The zero-order chi connectivity index (χ0) is 17.8. The van der Waals surface area contributed by atoms with Gasteiger partial charge in [0.15, 0.2) is 0 Å². The Morgan fingerprint density at radius 3 is 2.72 bits per heavy atom. The number of aromatic amines is 1. The molecular formula is C19H19FN2O3. The first-order valence-corrected chi connectivity index (χ1v) is 8.04. The highest BCUT2D eigenvalue weighted by molar-refractivity contribution is 5.98. The molecule has 0 spiro atoms. The lowest BCUT2D eigenvalue weighted by atomic mass is 10.1. The Labute approximate surface area is 144 Å². The van der Waals surface area contributed by atoms with E-state index in [0.717, 1.165) is 16.7 Å². The van der Waals surface area contributed by atoms with E-state index in [0.29, 0.717) is 17.9 Å². The van der Waals surface area contributed by atoms with Crippen molar-refractivity contribution < 1.29 is 19.0 Å². The molecule has 0 bridgehead atoms. The number of H-pyrrole nitrogens is 1. The third-order valence-electron chi connectivity index (χ3n) is 3.86. The summed E-state index contributed by atoms with van der Waals surface area (Å²) >= 11 is 0. The van der Waals surface area contributed by atoms with Crippen LogP contribution in [0.4, 0.5) is 4.39 Å². The van der Waals surface area contributed by atoms with Gasteiger partial charge >= 0.3 is 0 Å². The summed E-state index contributed by atoms with van der Waals surface area (Å²) in [6.45, 7) is 2.51. The number of rotatable bonds is 6. The topological polar surface area (TPSA) is 74.3 Å². The van der Waals surface area contributed by atoms with E-state index >= 15 is 0 Å². The Balaban J connectivity index is 1.66. The van der Waals surface area contributed by atoms with Crippen LogP contribution in [0.3, 0.4) is 0 Å². The van der Waals surface area contributed by atoms with Crippen LogP contribution >= 0.6 is 0 Å². The molecule has 0 saturated heterocycles. The summed E-state index contributed by atoms with van der Waals surface area (Å²) in [5, 5.41) is 13.6. The molecule has 5 nitrogen and oxygen atoms in total. The van der Waals surface area contributed by atoms with Crippen molar-refractivity contribution >= 4 is 16.8 Å². The molecule has 0 aliphatic heterocycles. The number of carbonyl (C=O) groups is 1. The number of nitrogens with one attached hydrogen (secondary N) is 2. The standard InChI is InChI=1S/C19H19FN2O3/c1-2-25-15-8-5-13-9-17(22-16(13)10-15)19(24)21-11-18(23)12-3-6-14(20)7-4-12/h3-10,18,22-23H,2,11H2,1H3,(H,21,24). The predicted octanol–water partition coefficient (Wildman–Crippen LogP) is 3.17. The van der Waals surface area contributed by atoms with Gasteiger partial charge in [0, 0.05) is 23.5 Å². The molecule has 0 fully saturated rings. The summed E-state index contributed by atoms with van der Waals surface area (Å²) in [6, 6.07) is 12.8. The molecule has 2 aromatic carbocycles. The van der Waals surface area contributed by atoms with Crippen LogP contribution in [0, 0.1) is 5.82 Å². The molecule has 3 N–H and O–H groups in total. The first kappa shape index (κ1) is 17.0. The van der Waals surface area contributed by atoms with Crippen molar-refractivity contribution in [2.24, 2.45) is 0 Å². The third-order valence-corrected chi connectivity index (χ3v) is 3.86. The fourth-order valence-electron chi connectivity index (χ4n) is 2.57. The van der Waals surface area contributed by atoms with Crippen LogP contribution in [0.15, 0.2) is 48.5 Å². The van der Waals surface area contributed by atoms with E-state index in [1.165, 1.54) is 24.3 Å². The van der Waals surface area contributed by atoms with Crippen LogP contribution in [0.2, 0.25) is 0 Å². The molecule has 1 aromatic heterocycles. The summed E-state index contributed by atoms with van der Waals surface area (Å²) in [5.74, 6) is 0.0374. The second kappa shape index (κ2) is 7.36. The van der Waals surface area contributed by atoms with Gasteiger partial charge in [-0.05, 0) is 42.8 Å². The average Bonchev–Trinajstić information content (AvgIpc) is 3.03. The summed E-state index contributed by atoms with van der Waals surface area (Å²) in [4.78, 5) is 15.3. The summed E-state index contributed by atoms with van der Waals surface area (Å²) in [6.07, 6.45) is -0.904. The number of aromatic nitrogens is 1.